The average Bonchev–Trinajstić information content (AvgIpc) is 2.66. The van der Waals surface area contributed by atoms with Crippen LogP contribution in [-0.4, -0.2) is 27.7 Å². The minimum atomic E-state index is -0.0724. The van der Waals surface area contributed by atoms with E-state index in [1.165, 1.54) is 6.33 Å². The lowest BCUT2D eigenvalue weighted by Crippen LogP contribution is -2.21. The van der Waals surface area contributed by atoms with E-state index in [9.17, 15) is 5.11 Å². The Labute approximate surface area is 89.8 Å². The molecule has 0 spiro atoms. The van der Waals surface area contributed by atoms with E-state index in [0.717, 1.165) is 37.9 Å². The van der Waals surface area contributed by atoms with Crippen LogP contribution < -0.4 is 5.32 Å². The van der Waals surface area contributed by atoms with E-state index in [-0.39, 0.29) is 6.10 Å². The van der Waals surface area contributed by atoms with Gasteiger partial charge in [0.25, 0.3) is 0 Å². The fraction of sp³-hybridized carbons (Fsp3) is 0.636. The van der Waals surface area contributed by atoms with Crippen molar-refractivity contribution in [3.8, 4) is 0 Å². The summed E-state index contributed by atoms with van der Waals surface area (Å²) >= 11 is 0. The Balaban J connectivity index is 1.67. The van der Waals surface area contributed by atoms with Crippen LogP contribution in [0.25, 0.3) is 0 Å². The Morgan fingerprint density at radius 2 is 2.13 bits per heavy atom. The number of rotatable bonds is 4. The van der Waals surface area contributed by atoms with Gasteiger partial charge >= 0.3 is 0 Å². The highest BCUT2D eigenvalue weighted by Crippen LogP contribution is 2.24. The van der Waals surface area contributed by atoms with Crippen molar-refractivity contribution in [3.05, 3.63) is 24.3 Å². The van der Waals surface area contributed by atoms with Crippen molar-refractivity contribution in [1.29, 1.82) is 0 Å². The molecule has 0 aromatic carbocycles. The molecule has 1 fully saturated rings. The summed E-state index contributed by atoms with van der Waals surface area (Å²) in [6, 6.07) is 0. The summed E-state index contributed by atoms with van der Waals surface area (Å²) in [5, 5.41) is 12.7. The van der Waals surface area contributed by atoms with Crippen molar-refractivity contribution in [1.82, 2.24) is 15.3 Å². The maximum Gasteiger partial charge on any atom is 0.115 e. The van der Waals surface area contributed by atoms with E-state index in [4.69, 9.17) is 0 Å². The third kappa shape index (κ3) is 3.25. The molecule has 0 aliphatic heterocycles. The number of aliphatic hydroxyl groups excluding tert-OH is 1. The predicted octanol–water partition coefficient (Wildman–Crippen LogP) is 0.727. The summed E-state index contributed by atoms with van der Waals surface area (Å²) in [6.45, 7) is 1.79. The summed E-state index contributed by atoms with van der Waals surface area (Å²) in [7, 11) is 0. The molecule has 2 atom stereocenters. The molecule has 1 heterocycles. The van der Waals surface area contributed by atoms with Crippen LogP contribution in [0, 0.1) is 5.92 Å². The zero-order valence-electron chi connectivity index (χ0n) is 8.76. The number of hydrogen-bond acceptors (Lipinski definition) is 4. The van der Waals surface area contributed by atoms with Crippen LogP contribution in [0.3, 0.4) is 0 Å². The lowest BCUT2D eigenvalue weighted by atomic mass is 10.1. The van der Waals surface area contributed by atoms with Crippen molar-refractivity contribution in [2.24, 2.45) is 5.92 Å². The minimum absolute atomic E-state index is 0.0724. The fourth-order valence-electron chi connectivity index (χ4n) is 2.08. The molecule has 2 unspecified atom stereocenters. The predicted molar refractivity (Wildman–Crippen MR) is 57.1 cm³/mol. The molecule has 82 valence electrons. The van der Waals surface area contributed by atoms with E-state index >= 15 is 0 Å². The SMILES string of the molecule is OC1CCC(CNCc2cncnc2)C1. The molecule has 0 bridgehead atoms. The molecule has 1 aliphatic rings. The van der Waals surface area contributed by atoms with Crippen molar-refractivity contribution in [2.45, 2.75) is 31.9 Å². The second kappa shape index (κ2) is 5.19. The Kier molecular flexibility index (Phi) is 3.64. The van der Waals surface area contributed by atoms with Crippen molar-refractivity contribution in [2.75, 3.05) is 6.54 Å². The first kappa shape index (κ1) is 10.5. The molecule has 4 heteroatoms. The maximum absolute atomic E-state index is 9.37. The summed E-state index contributed by atoms with van der Waals surface area (Å²) in [5.41, 5.74) is 1.11. The van der Waals surface area contributed by atoms with E-state index < -0.39 is 0 Å². The molecule has 2 N–H and O–H groups in total. The molecule has 0 radical (unpaired) electrons. The van der Waals surface area contributed by atoms with Crippen LogP contribution in [0.4, 0.5) is 0 Å². The zero-order chi connectivity index (χ0) is 10.5. The second-order valence-electron chi connectivity index (χ2n) is 4.21. The first-order chi connectivity index (χ1) is 7.34. The molecule has 1 saturated carbocycles. The van der Waals surface area contributed by atoms with Gasteiger partial charge in [-0.25, -0.2) is 9.97 Å². The molecule has 2 rings (SSSR count). The van der Waals surface area contributed by atoms with E-state index in [0.29, 0.717) is 5.92 Å². The lowest BCUT2D eigenvalue weighted by Gasteiger charge is -2.10. The van der Waals surface area contributed by atoms with Gasteiger partial charge in [-0.1, -0.05) is 0 Å². The second-order valence-corrected chi connectivity index (χ2v) is 4.21. The van der Waals surface area contributed by atoms with Crippen molar-refractivity contribution in [3.63, 3.8) is 0 Å². The van der Waals surface area contributed by atoms with Crippen LogP contribution in [0.15, 0.2) is 18.7 Å². The average molecular weight is 207 g/mol. The number of nitrogens with one attached hydrogen (secondary N) is 1. The topological polar surface area (TPSA) is 58.0 Å². The van der Waals surface area contributed by atoms with Crippen LogP contribution in [0.2, 0.25) is 0 Å². The van der Waals surface area contributed by atoms with Crippen LogP contribution >= 0.6 is 0 Å². The smallest absolute Gasteiger partial charge is 0.115 e. The third-order valence-electron chi connectivity index (χ3n) is 2.89. The van der Waals surface area contributed by atoms with Crippen LogP contribution in [-0.2, 0) is 6.54 Å². The van der Waals surface area contributed by atoms with E-state index in [1.54, 1.807) is 0 Å². The number of aliphatic hydroxyl groups is 1. The summed E-state index contributed by atoms with van der Waals surface area (Å²) in [6.07, 6.45) is 8.15. The minimum Gasteiger partial charge on any atom is -0.393 e. The highest BCUT2D eigenvalue weighted by Gasteiger charge is 2.21. The number of nitrogens with zero attached hydrogens (tertiary/aromatic N) is 2. The van der Waals surface area contributed by atoms with Gasteiger partial charge in [0.1, 0.15) is 6.33 Å². The van der Waals surface area contributed by atoms with Gasteiger partial charge in [0.15, 0.2) is 0 Å². The molecule has 0 saturated heterocycles. The highest BCUT2D eigenvalue weighted by atomic mass is 16.3. The summed E-state index contributed by atoms with van der Waals surface area (Å²) in [5.74, 6) is 0.629. The number of aromatic nitrogens is 2. The van der Waals surface area contributed by atoms with Crippen molar-refractivity contribution < 1.29 is 5.11 Å². The van der Waals surface area contributed by atoms with Crippen LogP contribution in [0.5, 0.6) is 0 Å². The van der Waals surface area contributed by atoms with Gasteiger partial charge in [0, 0.05) is 24.5 Å². The van der Waals surface area contributed by atoms with Gasteiger partial charge in [-0.2, -0.15) is 0 Å². The van der Waals surface area contributed by atoms with Crippen LogP contribution in [0.1, 0.15) is 24.8 Å². The molecule has 4 nitrogen and oxygen atoms in total. The maximum atomic E-state index is 9.37. The van der Waals surface area contributed by atoms with E-state index in [1.807, 2.05) is 12.4 Å². The molecular formula is C11H17N3O. The first-order valence-electron chi connectivity index (χ1n) is 5.47. The van der Waals surface area contributed by atoms with Gasteiger partial charge in [-0.3, -0.25) is 0 Å². The Bertz CT molecular complexity index is 291. The Morgan fingerprint density at radius 3 is 2.80 bits per heavy atom. The quantitative estimate of drug-likeness (QED) is 0.764. The lowest BCUT2D eigenvalue weighted by molar-refractivity contribution is 0.177. The summed E-state index contributed by atoms with van der Waals surface area (Å²) < 4.78 is 0. The molecule has 1 aromatic rings. The van der Waals surface area contributed by atoms with Crippen molar-refractivity contribution >= 4 is 0 Å². The largest absolute Gasteiger partial charge is 0.393 e. The monoisotopic (exact) mass is 207 g/mol. The standard InChI is InChI=1S/C11H17N3O/c15-11-2-1-9(3-11)4-12-5-10-6-13-8-14-7-10/h6-9,11-12,15H,1-5H2. The van der Waals surface area contributed by atoms with Gasteiger partial charge in [-0.15, -0.1) is 0 Å². The highest BCUT2D eigenvalue weighted by molar-refractivity contribution is 5.01. The molecule has 1 aliphatic carbocycles. The number of hydrogen-bond donors (Lipinski definition) is 2. The molecule has 15 heavy (non-hydrogen) atoms. The van der Waals surface area contributed by atoms with Gasteiger partial charge in [0.05, 0.1) is 6.10 Å². The molecule has 1 aromatic heterocycles. The normalized spacial score (nSPS) is 25.7. The summed E-state index contributed by atoms with van der Waals surface area (Å²) in [4.78, 5) is 7.91. The van der Waals surface area contributed by atoms with Gasteiger partial charge in [-0.05, 0) is 31.7 Å². The third-order valence-corrected chi connectivity index (χ3v) is 2.89. The first-order valence-corrected chi connectivity index (χ1v) is 5.47. The molecular weight excluding hydrogens is 190 g/mol. The fourth-order valence-corrected chi connectivity index (χ4v) is 2.08. The zero-order valence-corrected chi connectivity index (χ0v) is 8.76. The van der Waals surface area contributed by atoms with E-state index in [2.05, 4.69) is 15.3 Å². The Hall–Kier alpha value is -1.00. The molecule has 0 amide bonds. The van der Waals surface area contributed by atoms with Gasteiger partial charge < -0.3 is 10.4 Å². The van der Waals surface area contributed by atoms with Gasteiger partial charge in [0.2, 0.25) is 0 Å². The Morgan fingerprint density at radius 1 is 1.33 bits per heavy atom.